The Labute approximate surface area is 124 Å². The van der Waals surface area contributed by atoms with E-state index in [1.807, 2.05) is 12.1 Å². The van der Waals surface area contributed by atoms with Crippen molar-refractivity contribution in [3.8, 4) is 0 Å². The maximum absolute atomic E-state index is 12.6. The number of rotatable bonds is 7. The normalized spacial score (nSPS) is 15.5. The van der Waals surface area contributed by atoms with E-state index in [0.29, 0.717) is 12.2 Å². The lowest BCUT2D eigenvalue weighted by atomic mass is 10.1. The first-order valence-corrected chi connectivity index (χ1v) is 7.14. The molecule has 1 N–H and O–H groups in total. The molecule has 1 saturated carbocycles. The smallest absolute Gasteiger partial charge is 0.308 e. The number of carboxylic acids is 1. The molecule has 114 valence electrons. The lowest BCUT2D eigenvalue weighted by molar-refractivity contribution is -0.141. The molecule has 5 nitrogen and oxygen atoms in total. The third-order valence-corrected chi connectivity index (χ3v) is 3.65. The van der Waals surface area contributed by atoms with E-state index >= 15 is 0 Å². The Bertz CT molecular complexity index is 508. The summed E-state index contributed by atoms with van der Waals surface area (Å²) in [6, 6.07) is 7.47. The molecule has 1 aliphatic rings. The molecule has 0 aromatic heterocycles. The summed E-state index contributed by atoms with van der Waals surface area (Å²) in [6.45, 7) is 2.40. The minimum absolute atomic E-state index is 0.0884. The molecular weight excluding hydrogens is 270 g/mol. The molecular formula is C16H21NO4. The summed E-state index contributed by atoms with van der Waals surface area (Å²) < 4.78 is 5.04. The van der Waals surface area contributed by atoms with Gasteiger partial charge in [0.1, 0.15) is 0 Å². The second kappa shape index (κ2) is 6.72. The fourth-order valence-electron chi connectivity index (χ4n) is 2.23. The van der Waals surface area contributed by atoms with E-state index in [2.05, 4.69) is 0 Å². The van der Waals surface area contributed by atoms with Crippen LogP contribution in [-0.4, -0.2) is 41.6 Å². The van der Waals surface area contributed by atoms with Crippen LogP contribution in [0.3, 0.4) is 0 Å². The number of methoxy groups -OCH3 is 1. The van der Waals surface area contributed by atoms with E-state index in [-0.39, 0.29) is 18.5 Å². The van der Waals surface area contributed by atoms with Crippen LogP contribution in [0.5, 0.6) is 0 Å². The molecule has 0 spiro atoms. The average Bonchev–Trinajstić information content (AvgIpc) is 3.29. The zero-order chi connectivity index (χ0) is 15.4. The number of hydrogen-bond acceptors (Lipinski definition) is 3. The predicted molar refractivity (Wildman–Crippen MR) is 78.0 cm³/mol. The first-order chi connectivity index (χ1) is 10.0. The zero-order valence-corrected chi connectivity index (χ0v) is 12.4. The van der Waals surface area contributed by atoms with Gasteiger partial charge in [0.15, 0.2) is 0 Å². The molecule has 0 bridgehead atoms. The number of aliphatic carboxylic acids is 1. The van der Waals surface area contributed by atoms with Gasteiger partial charge < -0.3 is 14.7 Å². The molecule has 1 aliphatic carbocycles. The number of ether oxygens (including phenoxy) is 1. The highest BCUT2D eigenvalue weighted by atomic mass is 16.5. The summed E-state index contributed by atoms with van der Waals surface area (Å²) >= 11 is 0. The topological polar surface area (TPSA) is 66.8 Å². The quantitative estimate of drug-likeness (QED) is 0.836. The van der Waals surface area contributed by atoms with Gasteiger partial charge in [-0.1, -0.05) is 19.1 Å². The number of carbonyl (C=O) groups excluding carboxylic acids is 1. The van der Waals surface area contributed by atoms with Crippen LogP contribution in [0.2, 0.25) is 0 Å². The summed E-state index contributed by atoms with van der Waals surface area (Å²) in [7, 11) is 1.63. The molecule has 0 radical (unpaired) electrons. The molecule has 5 heteroatoms. The van der Waals surface area contributed by atoms with Gasteiger partial charge in [0.2, 0.25) is 0 Å². The van der Waals surface area contributed by atoms with E-state index in [1.54, 1.807) is 31.1 Å². The molecule has 0 saturated heterocycles. The molecule has 1 atom stereocenters. The van der Waals surface area contributed by atoms with Crippen molar-refractivity contribution in [1.29, 1.82) is 0 Å². The Hall–Kier alpha value is -1.88. The lowest BCUT2D eigenvalue weighted by Crippen LogP contribution is -2.38. The van der Waals surface area contributed by atoms with E-state index < -0.39 is 11.9 Å². The molecule has 2 rings (SSSR count). The Balaban J connectivity index is 2.09. The molecule has 1 aromatic rings. The Morgan fingerprint density at radius 2 is 1.95 bits per heavy atom. The minimum Gasteiger partial charge on any atom is -0.481 e. The van der Waals surface area contributed by atoms with E-state index in [1.165, 1.54) is 0 Å². The fourth-order valence-corrected chi connectivity index (χ4v) is 2.23. The highest BCUT2D eigenvalue weighted by Gasteiger charge is 2.34. The first-order valence-electron chi connectivity index (χ1n) is 7.14. The Morgan fingerprint density at radius 3 is 2.43 bits per heavy atom. The number of hydrogen-bond donors (Lipinski definition) is 1. The van der Waals surface area contributed by atoms with Gasteiger partial charge in [0.25, 0.3) is 5.91 Å². The summed E-state index contributed by atoms with van der Waals surface area (Å²) in [4.78, 5) is 25.3. The van der Waals surface area contributed by atoms with Crippen molar-refractivity contribution >= 4 is 11.9 Å². The summed E-state index contributed by atoms with van der Waals surface area (Å²) in [6.07, 6.45) is 1.92. The van der Waals surface area contributed by atoms with Gasteiger partial charge in [0, 0.05) is 25.3 Å². The minimum atomic E-state index is -0.871. The summed E-state index contributed by atoms with van der Waals surface area (Å²) in [5.74, 6) is -1.51. The second-order valence-corrected chi connectivity index (χ2v) is 5.56. The van der Waals surface area contributed by atoms with E-state index in [9.17, 15) is 9.59 Å². The van der Waals surface area contributed by atoms with Gasteiger partial charge in [-0.2, -0.15) is 0 Å². The van der Waals surface area contributed by atoms with Gasteiger partial charge in [-0.25, -0.2) is 0 Å². The molecule has 1 amide bonds. The average molecular weight is 291 g/mol. The Morgan fingerprint density at radius 1 is 1.33 bits per heavy atom. The van der Waals surface area contributed by atoms with Gasteiger partial charge in [-0.3, -0.25) is 9.59 Å². The van der Waals surface area contributed by atoms with Crippen LogP contribution in [-0.2, 0) is 16.1 Å². The second-order valence-electron chi connectivity index (χ2n) is 5.56. The van der Waals surface area contributed by atoms with Crippen LogP contribution in [0.1, 0.15) is 35.7 Å². The number of benzene rings is 1. The Kier molecular flexibility index (Phi) is 4.96. The number of amides is 1. The van der Waals surface area contributed by atoms with Gasteiger partial charge in [0.05, 0.1) is 12.5 Å². The van der Waals surface area contributed by atoms with Crippen molar-refractivity contribution in [3.05, 3.63) is 35.4 Å². The van der Waals surface area contributed by atoms with Gasteiger partial charge in [-0.05, 0) is 30.5 Å². The predicted octanol–water partition coefficient (Wildman–Crippen LogP) is 2.16. The highest BCUT2D eigenvalue weighted by Crippen LogP contribution is 2.29. The zero-order valence-electron chi connectivity index (χ0n) is 12.4. The van der Waals surface area contributed by atoms with Crippen molar-refractivity contribution in [2.75, 3.05) is 13.7 Å². The van der Waals surface area contributed by atoms with Crippen LogP contribution < -0.4 is 0 Å². The van der Waals surface area contributed by atoms with Crippen molar-refractivity contribution in [2.24, 2.45) is 5.92 Å². The number of carboxylic acid groups (broad SMARTS) is 1. The maximum Gasteiger partial charge on any atom is 0.308 e. The van der Waals surface area contributed by atoms with Crippen molar-refractivity contribution in [2.45, 2.75) is 32.4 Å². The summed E-state index contributed by atoms with van der Waals surface area (Å²) in [5, 5.41) is 9.03. The molecule has 0 heterocycles. The third-order valence-electron chi connectivity index (χ3n) is 3.65. The van der Waals surface area contributed by atoms with Crippen LogP contribution >= 0.6 is 0 Å². The SMILES string of the molecule is COCc1ccc(C(=O)N(CC(C)C(=O)O)C2CC2)cc1. The first kappa shape index (κ1) is 15.5. The molecule has 1 aromatic carbocycles. The van der Waals surface area contributed by atoms with Gasteiger partial charge >= 0.3 is 5.97 Å². The van der Waals surface area contributed by atoms with E-state index in [4.69, 9.17) is 9.84 Å². The fraction of sp³-hybridized carbons (Fsp3) is 0.500. The highest BCUT2D eigenvalue weighted by molar-refractivity contribution is 5.95. The van der Waals surface area contributed by atoms with Crippen LogP contribution in [0, 0.1) is 5.92 Å². The van der Waals surface area contributed by atoms with Crippen LogP contribution in [0.15, 0.2) is 24.3 Å². The van der Waals surface area contributed by atoms with Crippen LogP contribution in [0.25, 0.3) is 0 Å². The van der Waals surface area contributed by atoms with E-state index in [0.717, 1.165) is 18.4 Å². The van der Waals surface area contributed by atoms with Crippen LogP contribution in [0.4, 0.5) is 0 Å². The number of carbonyl (C=O) groups is 2. The third kappa shape index (κ3) is 4.04. The molecule has 21 heavy (non-hydrogen) atoms. The maximum atomic E-state index is 12.6. The molecule has 0 aliphatic heterocycles. The molecule has 1 unspecified atom stereocenters. The van der Waals surface area contributed by atoms with Crippen molar-refractivity contribution in [3.63, 3.8) is 0 Å². The largest absolute Gasteiger partial charge is 0.481 e. The van der Waals surface area contributed by atoms with Crippen molar-refractivity contribution < 1.29 is 19.4 Å². The standard InChI is InChI=1S/C16H21NO4/c1-11(16(19)20)9-17(14-7-8-14)15(18)13-5-3-12(4-6-13)10-21-2/h3-6,11,14H,7-10H2,1-2H3,(H,19,20). The lowest BCUT2D eigenvalue weighted by Gasteiger charge is -2.24. The monoisotopic (exact) mass is 291 g/mol. The molecule has 1 fully saturated rings. The van der Waals surface area contributed by atoms with Crippen molar-refractivity contribution in [1.82, 2.24) is 4.90 Å². The number of nitrogens with zero attached hydrogens (tertiary/aromatic N) is 1. The van der Waals surface area contributed by atoms with Gasteiger partial charge in [-0.15, -0.1) is 0 Å². The summed E-state index contributed by atoms with van der Waals surface area (Å²) in [5.41, 5.74) is 1.60.